The third-order valence-electron chi connectivity index (χ3n) is 4.59. The molecule has 2 aromatic heterocycles. The first kappa shape index (κ1) is 17.3. The number of benzene rings is 1. The van der Waals surface area contributed by atoms with E-state index in [1.165, 1.54) is 0 Å². The molecule has 0 unspecified atom stereocenters. The van der Waals surface area contributed by atoms with Gasteiger partial charge in [0.1, 0.15) is 11.4 Å². The van der Waals surface area contributed by atoms with Crippen molar-refractivity contribution in [1.82, 2.24) is 24.8 Å². The summed E-state index contributed by atoms with van der Waals surface area (Å²) in [5.41, 5.74) is 1.29. The molecule has 1 aromatic carbocycles. The summed E-state index contributed by atoms with van der Waals surface area (Å²) in [5.74, 6) is 2.38. The Morgan fingerprint density at radius 1 is 1.37 bits per heavy atom. The van der Waals surface area contributed by atoms with Crippen molar-refractivity contribution in [2.45, 2.75) is 25.2 Å². The fourth-order valence-electron chi connectivity index (χ4n) is 2.84. The lowest BCUT2D eigenvalue weighted by Gasteiger charge is -2.14. The standard InChI is InChI=1S/C19H21N5O3/c1-23(10-9-17-21-18(27-22-17)13-7-8-13)19(25)14-11-20-24(12-14)15-5-3-4-6-16(15)26-2/h3-6,11-13H,7-10H2,1-2H3. The average Bonchev–Trinajstić information content (AvgIpc) is 3.25. The summed E-state index contributed by atoms with van der Waals surface area (Å²) in [6.07, 6.45) is 6.06. The number of rotatable bonds is 7. The number of likely N-dealkylation sites (N-methyl/N-ethyl adjacent to an activating group) is 1. The number of carbonyl (C=O) groups excluding carboxylic acids is 1. The van der Waals surface area contributed by atoms with Crippen LogP contribution in [0.15, 0.2) is 41.2 Å². The number of carbonyl (C=O) groups is 1. The molecular formula is C19H21N5O3. The highest BCUT2D eigenvalue weighted by Gasteiger charge is 2.29. The van der Waals surface area contributed by atoms with Crippen LogP contribution in [0.3, 0.4) is 0 Å². The highest BCUT2D eigenvalue weighted by atomic mass is 16.5. The van der Waals surface area contributed by atoms with Gasteiger partial charge in [-0.2, -0.15) is 10.1 Å². The van der Waals surface area contributed by atoms with Crippen molar-refractivity contribution in [1.29, 1.82) is 0 Å². The zero-order chi connectivity index (χ0) is 18.8. The van der Waals surface area contributed by atoms with Crippen molar-refractivity contribution >= 4 is 5.91 Å². The van der Waals surface area contributed by atoms with Crippen molar-refractivity contribution in [3.8, 4) is 11.4 Å². The van der Waals surface area contributed by atoms with Gasteiger partial charge >= 0.3 is 0 Å². The average molecular weight is 367 g/mol. The van der Waals surface area contributed by atoms with Gasteiger partial charge in [0.15, 0.2) is 5.82 Å². The number of methoxy groups -OCH3 is 1. The van der Waals surface area contributed by atoms with E-state index in [4.69, 9.17) is 9.26 Å². The molecule has 0 spiro atoms. The Morgan fingerprint density at radius 2 is 2.19 bits per heavy atom. The van der Waals surface area contributed by atoms with E-state index in [0.717, 1.165) is 24.4 Å². The highest BCUT2D eigenvalue weighted by molar-refractivity contribution is 5.93. The summed E-state index contributed by atoms with van der Waals surface area (Å²) in [6, 6.07) is 7.52. The second-order valence-electron chi connectivity index (χ2n) is 6.65. The van der Waals surface area contributed by atoms with Gasteiger partial charge in [0.2, 0.25) is 5.89 Å². The third-order valence-corrected chi connectivity index (χ3v) is 4.59. The smallest absolute Gasteiger partial charge is 0.256 e. The minimum Gasteiger partial charge on any atom is -0.494 e. The van der Waals surface area contributed by atoms with Crippen molar-refractivity contribution in [2.75, 3.05) is 20.7 Å². The molecule has 0 aliphatic heterocycles. The molecule has 1 aliphatic rings. The maximum atomic E-state index is 12.7. The third kappa shape index (κ3) is 3.69. The number of aromatic nitrogens is 4. The summed E-state index contributed by atoms with van der Waals surface area (Å²) in [5, 5.41) is 8.29. The Kier molecular flexibility index (Phi) is 4.62. The number of hydrogen-bond acceptors (Lipinski definition) is 6. The van der Waals surface area contributed by atoms with Crippen LogP contribution in [-0.4, -0.2) is 51.4 Å². The molecule has 1 fully saturated rings. The zero-order valence-corrected chi connectivity index (χ0v) is 15.3. The number of para-hydroxylation sites is 2. The Morgan fingerprint density at radius 3 is 2.96 bits per heavy atom. The molecule has 27 heavy (non-hydrogen) atoms. The van der Waals surface area contributed by atoms with E-state index in [-0.39, 0.29) is 5.91 Å². The first-order valence-corrected chi connectivity index (χ1v) is 8.91. The van der Waals surface area contributed by atoms with Crippen LogP contribution in [0.1, 0.15) is 40.8 Å². The van der Waals surface area contributed by atoms with Crippen LogP contribution >= 0.6 is 0 Å². The Hall–Kier alpha value is -3.16. The van der Waals surface area contributed by atoms with Gasteiger partial charge in [-0.25, -0.2) is 4.68 Å². The van der Waals surface area contributed by atoms with Crippen LogP contribution in [0.25, 0.3) is 5.69 Å². The van der Waals surface area contributed by atoms with Crippen LogP contribution in [0.5, 0.6) is 5.75 Å². The second-order valence-corrected chi connectivity index (χ2v) is 6.65. The van der Waals surface area contributed by atoms with Gasteiger partial charge < -0.3 is 14.2 Å². The minimum atomic E-state index is -0.109. The van der Waals surface area contributed by atoms with Crippen molar-refractivity contribution in [2.24, 2.45) is 0 Å². The minimum absolute atomic E-state index is 0.109. The highest BCUT2D eigenvalue weighted by Crippen LogP contribution is 2.38. The van der Waals surface area contributed by atoms with Gasteiger partial charge in [-0.3, -0.25) is 4.79 Å². The molecule has 8 nitrogen and oxygen atoms in total. The molecule has 8 heteroatoms. The van der Waals surface area contributed by atoms with E-state index in [0.29, 0.717) is 36.0 Å². The van der Waals surface area contributed by atoms with E-state index in [1.54, 1.807) is 36.1 Å². The molecule has 3 aromatic rings. The van der Waals surface area contributed by atoms with Crippen LogP contribution in [0.4, 0.5) is 0 Å². The molecule has 1 saturated carbocycles. The lowest BCUT2D eigenvalue weighted by Crippen LogP contribution is -2.28. The molecule has 0 radical (unpaired) electrons. The summed E-state index contributed by atoms with van der Waals surface area (Å²) in [4.78, 5) is 18.7. The van der Waals surface area contributed by atoms with Crippen molar-refractivity contribution in [3.05, 3.63) is 53.9 Å². The van der Waals surface area contributed by atoms with Gasteiger partial charge in [0.25, 0.3) is 5.91 Å². The number of hydrogen-bond donors (Lipinski definition) is 0. The molecule has 1 aliphatic carbocycles. The Balaban J connectivity index is 1.40. The second kappa shape index (κ2) is 7.22. The fraction of sp³-hybridized carbons (Fsp3) is 0.368. The van der Waals surface area contributed by atoms with Gasteiger partial charge in [-0.1, -0.05) is 17.3 Å². The first-order chi connectivity index (χ1) is 13.2. The molecule has 4 rings (SSSR count). The maximum Gasteiger partial charge on any atom is 0.256 e. The van der Waals surface area contributed by atoms with Crippen molar-refractivity contribution in [3.63, 3.8) is 0 Å². The molecule has 0 N–H and O–H groups in total. The maximum absolute atomic E-state index is 12.7. The molecule has 2 heterocycles. The van der Waals surface area contributed by atoms with Gasteiger partial charge in [-0.15, -0.1) is 0 Å². The number of ether oxygens (including phenoxy) is 1. The van der Waals surface area contributed by atoms with Crippen LogP contribution in [0, 0.1) is 0 Å². The summed E-state index contributed by atoms with van der Waals surface area (Å²) < 4.78 is 12.2. The van der Waals surface area contributed by atoms with E-state index in [1.807, 2.05) is 24.3 Å². The van der Waals surface area contributed by atoms with Gasteiger partial charge in [-0.05, 0) is 25.0 Å². The van der Waals surface area contributed by atoms with Crippen LogP contribution < -0.4 is 4.74 Å². The lowest BCUT2D eigenvalue weighted by atomic mass is 10.2. The summed E-state index contributed by atoms with van der Waals surface area (Å²) in [7, 11) is 3.36. The monoisotopic (exact) mass is 367 g/mol. The van der Waals surface area contributed by atoms with E-state index in [9.17, 15) is 4.79 Å². The molecule has 0 atom stereocenters. The normalized spacial score (nSPS) is 13.6. The molecule has 0 saturated heterocycles. The van der Waals surface area contributed by atoms with Crippen LogP contribution in [-0.2, 0) is 6.42 Å². The summed E-state index contributed by atoms with van der Waals surface area (Å²) >= 11 is 0. The number of nitrogens with zero attached hydrogens (tertiary/aromatic N) is 5. The number of amides is 1. The first-order valence-electron chi connectivity index (χ1n) is 8.91. The molecular weight excluding hydrogens is 346 g/mol. The largest absolute Gasteiger partial charge is 0.494 e. The fourth-order valence-corrected chi connectivity index (χ4v) is 2.84. The topological polar surface area (TPSA) is 86.3 Å². The predicted octanol–water partition coefficient (Wildman–Crippen LogP) is 2.46. The van der Waals surface area contributed by atoms with E-state index >= 15 is 0 Å². The quantitative estimate of drug-likeness (QED) is 0.638. The Bertz CT molecular complexity index is 944. The SMILES string of the molecule is COc1ccccc1-n1cc(C(=O)N(C)CCc2noc(C3CC3)n2)cn1. The molecule has 1 amide bonds. The predicted molar refractivity (Wildman–Crippen MR) is 97.1 cm³/mol. The molecule has 0 bridgehead atoms. The summed E-state index contributed by atoms with van der Waals surface area (Å²) in [6.45, 7) is 0.502. The Labute approximate surface area is 156 Å². The molecule has 140 valence electrons. The zero-order valence-electron chi connectivity index (χ0n) is 15.3. The van der Waals surface area contributed by atoms with Crippen LogP contribution in [0.2, 0.25) is 0 Å². The lowest BCUT2D eigenvalue weighted by molar-refractivity contribution is 0.0795. The van der Waals surface area contributed by atoms with Gasteiger partial charge in [0, 0.05) is 32.1 Å². The van der Waals surface area contributed by atoms with E-state index < -0.39 is 0 Å². The van der Waals surface area contributed by atoms with Gasteiger partial charge in [0.05, 0.1) is 18.9 Å². The van der Waals surface area contributed by atoms with E-state index in [2.05, 4.69) is 15.2 Å². The van der Waals surface area contributed by atoms with Crippen molar-refractivity contribution < 1.29 is 14.1 Å².